The topological polar surface area (TPSA) is 67.2 Å². The number of hydrogen-bond acceptors (Lipinski definition) is 3. The predicted octanol–water partition coefficient (Wildman–Crippen LogP) is 2.41. The van der Waals surface area contributed by atoms with Crippen LogP contribution in [-0.4, -0.2) is 39.4 Å². The third-order valence-electron chi connectivity index (χ3n) is 4.56. The zero-order valence-corrected chi connectivity index (χ0v) is 14.8. The molecule has 1 aromatic heterocycles. The second kappa shape index (κ2) is 7.09. The van der Waals surface area contributed by atoms with Crippen molar-refractivity contribution >= 4 is 22.8 Å². The summed E-state index contributed by atoms with van der Waals surface area (Å²) in [5.41, 5.74) is 2.17. The lowest BCUT2D eigenvalue weighted by molar-refractivity contribution is -0.130. The molecule has 1 atom stereocenters. The van der Waals surface area contributed by atoms with E-state index < -0.39 is 0 Å². The molecule has 1 unspecified atom stereocenters. The molecule has 1 N–H and O–H groups in total. The first-order chi connectivity index (χ1) is 12.0. The number of para-hydroxylation sites is 2. The van der Waals surface area contributed by atoms with Crippen LogP contribution in [0, 0.1) is 0 Å². The van der Waals surface area contributed by atoms with Crippen LogP contribution in [0.1, 0.15) is 38.6 Å². The van der Waals surface area contributed by atoms with E-state index in [2.05, 4.69) is 16.9 Å². The zero-order chi connectivity index (χ0) is 18.0. The molecule has 1 aliphatic rings. The fraction of sp³-hybridized carbons (Fsp3) is 0.421. The van der Waals surface area contributed by atoms with Crippen LogP contribution >= 0.6 is 0 Å². The number of amides is 2. The first kappa shape index (κ1) is 17.2. The van der Waals surface area contributed by atoms with Crippen LogP contribution in [0.15, 0.2) is 36.4 Å². The lowest BCUT2D eigenvalue weighted by atomic mass is 10.2. The maximum atomic E-state index is 12.6. The van der Waals surface area contributed by atoms with Gasteiger partial charge < -0.3 is 14.8 Å². The number of fused-ring (bicyclic) bond motifs is 1. The summed E-state index contributed by atoms with van der Waals surface area (Å²) >= 11 is 0. The number of carbonyl (C=O) groups is 2. The Hall–Kier alpha value is -2.63. The van der Waals surface area contributed by atoms with Gasteiger partial charge in [0.2, 0.25) is 11.8 Å². The second-order valence-corrected chi connectivity index (χ2v) is 6.61. The Balaban J connectivity index is 1.92. The van der Waals surface area contributed by atoms with Gasteiger partial charge in [0.25, 0.3) is 0 Å². The molecule has 2 amide bonds. The number of nitrogens with one attached hydrogen (secondary N) is 1. The van der Waals surface area contributed by atoms with Crippen molar-refractivity contribution in [1.29, 1.82) is 0 Å². The predicted molar refractivity (Wildman–Crippen MR) is 96.9 cm³/mol. The molecule has 6 heteroatoms. The van der Waals surface area contributed by atoms with Crippen LogP contribution < -0.4 is 5.32 Å². The molecule has 132 valence electrons. The van der Waals surface area contributed by atoms with E-state index in [0.29, 0.717) is 11.4 Å². The molecule has 0 bridgehead atoms. The SMILES string of the molecule is C=C(C)C(=O)NC(C)c1nc2ccccc2n1CC(=O)N1CCCC1. The first-order valence-corrected chi connectivity index (χ1v) is 8.66. The molecule has 1 aliphatic heterocycles. The van der Waals surface area contributed by atoms with Crippen molar-refractivity contribution in [3.05, 3.63) is 42.2 Å². The number of hydrogen-bond donors (Lipinski definition) is 1. The van der Waals surface area contributed by atoms with E-state index >= 15 is 0 Å². The van der Waals surface area contributed by atoms with Gasteiger partial charge in [0.15, 0.2) is 0 Å². The minimum atomic E-state index is -0.317. The van der Waals surface area contributed by atoms with Crippen LogP contribution in [0.5, 0.6) is 0 Å². The van der Waals surface area contributed by atoms with E-state index in [1.165, 1.54) is 0 Å². The fourth-order valence-corrected chi connectivity index (χ4v) is 3.18. The van der Waals surface area contributed by atoms with E-state index in [4.69, 9.17) is 0 Å². The van der Waals surface area contributed by atoms with Gasteiger partial charge in [-0.1, -0.05) is 18.7 Å². The number of likely N-dealkylation sites (tertiary alicyclic amines) is 1. The molecule has 6 nitrogen and oxygen atoms in total. The number of nitrogens with zero attached hydrogens (tertiary/aromatic N) is 3. The van der Waals surface area contributed by atoms with E-state index in [-0.39, 0.29) is 24.4 Å². The molecular weight excluding hydrogens is 316 g/mol. The van der Waals surface area contributed by atoms with Gasteiger partial charge in [-0.05, 0) is 38.8 Å². The molecule has 0 radical (unpaired) electrons. The third kappa shape index (κ3) is 3.57. The highest BCUT2D eigenvalue weighted by Crippen LogP contribution is 2.22. The maximum Gasteiger partial charge on any atom is 0.246 e. The van der Waals surface area contributed by atoms with E-state index in [0.717, 1.165) is 37.0 Å². The highest BCUT2D eigenvalue weighted by Gasteiger charge is 2.23. The summed E-state index contributed by atoms with van der Waals surface area (Å²) in [6.45, 7) is 9.09. The highest BCUT2D eigenvalue weighted by molar-refractivity contribution is 5.92. The van der Waals surface area contributed by atoms with E-state index in [1.54, 1.807) is 6.92 Å². The number of rotatable bonds is 5. The minimum absolute atomic E-state index is 0.0975. The summed E-state index contributed by atoms with van der Waals surface area (Å²) < 4.78 is 1.92. The molecule has 1 saturated heterocycles. The molecule has 3 rings (SSSR count). The van der Waals surface area contributed by atoms with Gasteiger partial charge >= 0.3 is 0 Å². The van der Waals surface area contributed by atoms with Crippen molar-refractivity contribution in [3.63, 3.8) is 0 Å². The molecular formula is C19H24N4O2. The maximum absolute atomic E-state index is 12.6. The number of imidazole rings is 1. The molecule has 2 aromatic rings. The third-order valence-corrected chi connectivity index (χ3v) is 4.56. The van der Waals surface area contributed by atoms with Crippen LogP contribution in [0.4, 0.5) is 0 Å². The average Bonchev–Trinajstić information content (AvgIpc) is 3.23. The van der Waals surface area contributed by atoms with Crippen LogP contribution in [0.25, 0.3) is 11.0 Å². The van der Waals surface area contributed by atoms with Crippen molar-refractivity contribution in [2.45, 2.75) is 39.3 Å². The Labute approximate surface area is 147 Å². The smallest absolute Gasteiger partial charge is 0.246 e. The van der Waals surface area contributed by atoms with Crippen molar-refractivity contribution in [1.82, 2.24) is 19.8 Å². The summed E-state index contributed by atoms with van der Waals surface area (Å²) in [6.07, 6.45) is 2.13. The monoisotopic (exact) mass is 340 g/mol. The Morgan fingerprint density at radius 2 is 1.96 bits per heavy atom. The van der Waals surface area contributed by atoms with Crippen LogP contribution in [0.3, 0.4) is 0 Å². The largest absolute Gasteiger partial charge is 0.343 e. The Morgan fingerprint density at radius 1 is 1.28 bits per heavy atom. The van der Waals surface area contributed by atoms with Crippen molar-refractivity contribution < 1.29 is 9.59 Å². The summed E-state index contributed by atoms with van der Waals surface area (Å²) in [5, 5.41) is 2.89. The van der Waals surface area contributed by atoms with Gasteiger partial charge in [-0.2, -0.15) is 0 Å². The van der Waals surface area contributed by atoms with Gasteiger partial charge in [0.05, 0.1) is 17.1 Å². The Bertz CT molecular complexity index is 818. The average molecular weight is 340 g/mol. The first-order valence-electron chi connectivity index (χ1n) is 8.66. The molecule has 0 saturated carbocycles. The number of carbonyl (C=O) groups excluding carboxylic acids is 2. The van der Waals surface area contributed by atoms with Crippen molar-refractivity contribution in [2.24, 2.45) is 0 Å². The van der Waals surface area contributed by atoms with Gasteiger partial charge in [-0.15, -0.1) is 0 Å². The molecule has 0 aliphatic carbocycles. The second-order valence-electron chi connectivity index (χ2n) is 6.61. The molecule has 25 heavy (non-hydrogen) atoms. The number of benzene rings is 1. The quantitative estimate of drug-likeness (QED) is 0.850. The summed E-state index contributed by atoms with van der Waals surface area (Å²) in [6, 6.07) is 7.41. The molecule has 1 aromatic carbocycles. The van der Waals surface area contributed by atoms with Crippen molar-refractivity contribution in [2.75, 3.05) is 13.1 Å². The fourth-order valence-electron chi connectivity index (χ4n) is 3.18. The van der Waals surface area contributed by atoms with Gasteiger partial charge in [0.1, 0.15) is 12.4 Å². The highest BCUT2D eigenvalue weighted by atomic mass is 16.2. The molecule has 0 spiro atoms. The molecule has 2 heterocycles. The summed E-state index contributed by atoms with van der Waals surface area (Å²) in [4.78, 5) is 31.2. The summed E-state index contributed by atoms with van der Waals surface area (Å²) in [7, 11) is 0. The lowest BCUT2D eigenvalue weighted by Gasteiger charge is -2.19. The zero-order valence-electron chi connectivity index (χ0n) is 14.8. The van der Waals surface area contributed by atoms with E-state index in [1.807, 2.05) is 40.7 Å². The van der Waals surface area contributed by atoms with Gasteiger partial charge in [0, 0.05) is 18.7 Å². The van der Waals surface area contributed by atoms with Gasteiger partial charge in [-0.25, -0.2) is 4.98 Å². The van der Waals surface area contributed by atoms with Gasteiger partial charge in [-0.3, -0.25) is 9.59 Å². The summed E-state index contributed by atoms with van der Waals surface area (Å²) in [5.74, 6) is 0.570. The van der Waals surface area contributed by atoms with Crippen LogP contribution in [-0.2, 0) is 16.1 Å². The van der Waals surface area contributed by atoms with E-state index in [9.17, 15) is 9.59 Å². The minimum Gasteiger partial charge on any atom is -0.343 e. The number of aromatic nitrogens is 2. The normalized spacial score (nSPS) is 15.4. The Kier molecular flexibility index (Phi) is 4.88. The Morgan fingerprint density at radius 3 is 2.64 bits per heavy atom. The standard InChI is InChI=1S/C19H24N4O2/c1-13(2)19(25)20-14(3)18-21-15-8-4-5-9-16(15)23(18)12-17(24)22-10-6-7-11-22/h4-5,8-9,14H,1,6-7,10-12H2,2-3H3,(H,20,25). The lowest BCUT2D eigenvalue weighted by Crippen LogP contribution is -2.33. The van der Waals surface area contributed by atoms with Crippen molar-refractivity contribution in [3.8, 4) is 0 Å². The molecule has 1 fully saturated rings. The van der Waals surface area contributed by atoms with Crippen LogP contribution in [0.2, 0.25) is 0 Å².